The molecule has 178 valence electrons. The van der Waals surface area contributed by atoms with Crippen molar-refractivity contribution in [3.05, 3.63) is 60.4 Å². The van der Waals surface area contributed by atoms with Gasteiger partial charge in [0.1, 0.15) is 11.6 Å². The Morgan fingerprint density at radius 2 is 1.42 bits per heavy atom. The molecule has 2 saturated heterocycles. The summed E-state index contributed by atoms with van der Waals surface area (Å²) in [6.45, 7) is 0. The lowest BCUT2D eigenvalue weighted by Crippen LogP contribution is -2.18. The highest BCUT2D eigenvalue weighted by Crippen LogP contribution is 2.46. The van der Waals surface area contributed by atoms with E-state index in [1.54, 1.807) is 0 Å². The molecule has 0 spiro atoms. The number of nitrogens with one attached hydrogen (secondary N) is 4. The number of nitrogens with zero attached hydrogens (tertiary/aromatic N) is 4. The highest BCUT2D eigenvalue weighted by atomic mass is 15.1. The maximum atomic E-state index is 4.92. The van der Waals surface area contributed by atoms with Crippen molar-refractivity contribution in [2.45, 2.75) is 49.9 Å². The maximum absolute atomic E-state index is 4.92. The molecule has 6 unspecified atom stereocenters. The van der Waals surface area contributed by atoms with Gasteiger partial charge in [-0.15, -0.1) is 0 Å². The summed E-state index contributed by atoms with van der Waals surface area (Å²) in [7, 11) is 0. The van der Waals surface area contributed by atoms with Crippen molar-refractivity contribution in [1.82, 2.24) is 40.5 Å². The molecule has 2 aromatic carbocycles. The summed E-state index contributed by atoms with van der Waals surface area (Å²) < 4.78 is 0. The first-order valence-corrected chi connectivity index (χ1v) is 13.1. The van der Waals surface area contributed by atoms with Gasteiger partial charge >= 0.3 is 0 Å². The molecular weight excluding hydrogens is 448 g/mol. The Morgan fingerprint density at radius 3 is 2.22 bits per heavy atom. The van der Waals surface area contributed by atoms with Crippen LogP contribution in [0, 0.1) is 11.8 Å². The Balaban J connectivity index is 0.999. The molecule has 9 rings (SSSR count). The van der Waals surface area contributed by atoms with Gasteiger partial charge in [-0.3, -0.25) is 4.98 Å². The zero-order valence-electron chi connectivity index (χ0n) is 19.7. The number of fused-ring (bicyclic) bond motifs is 4. The molecule has 0 radical (unpaired) electrons. The quantitative estimate of drug-likeness (QED) is 0.307. The van der Waals surface area contributed by atoms with E-state index in [1.807, 2.05) is 12.4 Å². The number of aromatic nitrogens is 6. The fourth-order valence-electron chi connectivity index (χ4n) is 6.40. The zero-order chi connectivity index (χ0) is 23.4. The molecule has 5 heterocycles. The third-order valence-corrected chi connectivity index (χ3v) is 8.66. The topological polar surface area (TPSA) is 107 Å². The SMILES string of the molecule is c1cc2nc(C3CC4CC4N3)[nH]c2cc1-c1cnc2cc(-c3cnc(C4CC5CC5N4)[nH]3)ccc2n1. The number of benzene rings is 2. The van der Waals surface area contributed by atoms with Crippen LogP contribution in [0.5, 0.6) is 0 Å². The first kappa shape index (κ1) is 19.6. The molecule has 4 fully saturated rings. The van der Waals surface area contributed by atoms with Crippen molar-refractivity contribution in [1.29, 1.82) is 0 Å². The van der Waals surface area contributed by atoms with E-state index < -0.39 is 0 Å². The molecular formula is C28H26N8. The lowest BCUT2D eigenvalue weighted by atomic mass is 10.1. The minimum absolute atomic E-state index is 0.352. The predicted octanol–water partition coefficient (Wildman–Crippen LogP) is 4.41. The smallest absolute Gasteiger partial charge is 0.124 e. The summed E-state index contributed by atoms with van der Waals surface area (Å²) in [6, 6.07) is 14.7. The molecule has 2 saturated carbocycles. The molecule has 4 N–H and O–H groups in total. The Bertz CT molecular complexity index is 1650. The predicted molar refractivity (Wildman–Crippen MR) is 137 cm³/mol. The van der Waals surface area contributed by atoms with Gasteiger partial charge < -0.3 is 20.6 Å². The van der Waals surface area contributed by atoms with Crippen molar-refractivity contribution in [3.63, 3.8) is 0 Å². The van der Waals surface area contributed by atoms with E-state index in [9.17, 15) is 0 Å². The number of hydrogen-bond acceptors (Lipinski definition) is 6. The van der Waals surface area contributed by atoms with E-state index >= 15 is 0 Å². The van der Waals surface area contributed by atoms with Crippen LogP contribution >= 0.6 is 0 Å². The molecule has 36 heavy (non-hydrogen) atoms. The second-order valence-electron chi connectivity index (χ2n) is 11.1. The van der Waals surface area contributed by atoms with Crippen molar-refractivity contribution >= 4 is 22.1 Å². The number of hydrogen-bond donors (Lipinski definition) is 4. The van der Waals surface area contributed by atoms with Gasteiger partial charge in [-0.05, 0) is 61.8 Å². The normalized spacial score (nSPS) is 30.1. The van der Waals surface area contributed by atoms with Crippen LogP contribution in [0.4, 0.5) is 0 Å². The Kier molecular flexibility index (Phi) is 3.80. The van der Waals surface area contributed by atoms with E-state index in [4.69, 9.17) is 15.0 Å². The summed E-state index contributed by atoms with van der Waals surface area (Å²) in [6.07, 6.45) is 8.82. The number of H-pyrrole nitrogens is 2. The monoisotopic (exact) mass is 474 g/mol. The largest absolute Gasteiger partial charge is 0.341 e. The van der Waals surface area contributed by atoms with Gasteiger partial charge in [0.25, 0.3) is 0 Å². The van der Waals surface area contributed by atoms with Crippen molar-refractivity contribution in [2.75, 3.05) is 0 Å². The van der Waals surface area contributed by atoms with Crippen LogP contribution in [0.2, 0.25) is 0 Å². The highest BCUT2D eigenvalue weighted by molar-refractivity contribution is 5.85. The summed E-state index contributed by atoms with van der Waals surface area (Å²) >= 11 is 0. The molecule has 8 heteroatoms. The van der Waals surface area contributed by atoms with Gasteiger partial charge in [0.15, 0.2) is 0 Å². The van der Waals surface area contributed by atoms with Crippen molar-refractivity contribution in [2.24, 2.45) is 11.8 Å². The van der Waals surface area contributed by atoms with Gasteiger partial charge in [0.05, 0.1) is 57.9 Å². The van der Waals surface area contributed by atoms with Gasteiger partial charge in [-0.2, -0.15) is 0 Å². The first-order chi connectivity index (χ1) is 17.7. The highest BCUT2D eigenvalue weighted by Gasteiger charge is 2.47. The fraction of sp³-hybridized carbons (Fsp3) is 0.357. The second-order valence-corrected chi connectivity index (χ2v) is 11.1. The van der Waals surface area contributed by atoms with E-state index in [1.165, 1.54) is 25.7 Å². The summed E-state index contributed by atoms with van der Waals surface area (Å²) in [5, 5.41) is 7.35. The molecule has 5 aromatic rings. The second kappa shape index (κ2) is 6.99. The van der Waals surface area contributed by atoms with Crippen LogP contribution in [-0.4, -0.2) is 42.0 Å². The molecule has 3 aromatic heterocycles. The van der Waals surface area contributed by atoms with Crippen LogP contribution in [0.3, 0.4) is 0 Å². The summed E-state index contributed by atoms with van der Waals surface area (Å²) in [4.78, 5) is 26.2. The molecule has 8 nitrogen and oxygen atoms in total. The Hall–Kier alpha value is -3.62. The van der Waals surface area contributed by atoms with E-state index in [-0.39, 0.29) is 0 Å². The van der Waals surface area contributed by atoms with Gasteiger partial charge in [0.2, 0.25) is 0 Å². The van der Waals surface area contributed by atoms with E-state index in [0.29, 0.717) is 24.2 Å². The average molecular weight is 475 g/mol. The molecule has 0 bridgehead atoms. The summed E-state index contributed by atoms with van der Waals surface area (Å²) in [5.74, 6) is 3.78. The van der Waals surface area contributed by atoms with E-state index in [0.717, 1.165) is 68.1 Å². The van der Waals surface area contributed by atoms with Crippen molar-refractivity contribution in [3.8, 4) is 22.5 Å². The fourth-order valence-corrected chi connectivity index (χ4v) is 6.40. The van der Waals surface area contributed by atoms with Crippen LogP contribution in [0.1, 0.15) is 49.4 Å². The van der Waals surface area contributed by atoms with E-state index in [2.05, 4.69) is 62.0 Å². The molecule has 6 atom stereocenters. The zero-order valence-corrected chi connectivity index (χ0v) is 19.7. The van der Waals surface area contributed by atoms with Crippen LogP contribution in [0.25, 0.3) is 44.6 Å². The van der Waals surface area contributed by atoms with Crippen molar-refractivity contribution < 1.29 is 0 Å². The lowest BCUT2D eigenvalue weighted by molar-refractivity contribution is 0.543. The van der Waals surface area contributed by atoms with Gasteiger partial charge in [-0.1, -0.05) is 12.1 Å². The molecule has 4 aliphatic rings. The first-order valence-electron chi connectivity index (χ1n) is 13.1. The van der Waals surface area contributed by atoms with Crippen LogP contribution in [0.15, 0.2) is 48.8 Å². The van der Waals surface area contributed by atoms with Gasteiger partial charge in [0, 0.05) is 23.2 Å². The molecule has 2 aliphatic carbocycles. The molecule has 2 aliphatic heterocycles. The Labute approximate surface area is 207 Å². The standard InChI is InChI=1S/C28H26N8/c1-3-17-21(5-13(1)26-12-30-27(36-26)23-9-15-7-19(15)32-23)29-11-25(31-17)14-2-4-18-22(6-14)35-28(34-18)24-10-16-8-20(16)33-24/h1-6,11-12,15-16,19-20,23-24,32-33H,7-10H2,(H,30,36)(H,34,35). The van der Waals surface area contributed by atoms with Gasteiger partial charge in [-0.25, -0.2) is 15.0 Å². The Morgan fingerprint density at radius 1 is 0.639 bits per heavy atom. The third kappa shape index (κ3) is 3.07. The third-order valence-electron chi connectivity index (χ3n) is 8.66. The number of imidazole rings is 2. The minimum atomic E-state index is 0.352. The van der Waals surface area contributed by atoms with Crippen LogP contribution < -0.4 is 10.6 Å². The maximum Gasteiger partial charge on any atom is 0.124 e. The number of aromatic amines is 2. The number of piperidine rings is 2. The molecule has 0 amide bonds. The van der Waals surface area contributed by atoms with Crippen LogP contribution in [-0.2, 0) is 0 Å². The lowest BCUT2D eigenvalue weighted by Gasteiger charge is -2.09. The summed E-state index contributed by atoms with van der Waals surface area (Å²) in [5.41, 5.74) is 7.81. The minimum Gasteiger partial charge on any atom is -0.341 e. The average Bonchev–Trinajstić information content (AvgIpc) is 3.49. The number of rotatable bonds is 4.